The molecule has 3 N–H and O–H groups in total. The molecule has 0 radical (unpaired) electrons. The van der Waals surface area contributed by atoms with E-state index < -0.39 is 0 Å². The van der Waals surface area contributed by atoms with Crippen LogP contribution in [0.3, 0.4) is 0 Å². The molecule has 2 amide bonds. The molecule has 5 nitrogen and oxygen atoms in total. The Balaban J connectivity index is 1.54. The molecule has 1 aromatic carbocycles. The quantitative estimate of drug-likeness (QED) is 0.748. The Bertz CT molecular complexity index is 552. The third kappa shape index (κ3) is 3.61. The minimum absolute atomic E-state index is 0.0251. The van der Waals surface area contributed by atoms with Crippen LogP contribution in [0.1, 0.15) is 40.7 Å². The second-order valence-corrected chi connectivity index (χ2v) is 5.72. The number of benzene rings is 1. The number of carbonyl (C=O) groups excluding carboxylic acids is 2. The van der Waals surface area contributed by atoms with Crippen LogP contribution in [-0.2, 0) is 17.8 Å². The van der Waals surface area contributed by atoms with Crippen LogP contribution < -0.4 is 16.0 Å². The number of rotatable bonds is 5. The maximum Gasteiger partial charge on any atom is 0.251 e. The van der Waals surface area contributed by atoms with Crippen LogP contribution in [-0.4, -0.2) is 30.9 Å². The average Bonchev–Trinajstić information content (AvgIpc) is 3.30. The second-order valence-electron chi connectivity index (χ2n) is 5.72. The first-order valence-corrected chi connectivity index (χ1v) is 7.63. The van der Waals surface area contributed by atoms with E-state index in [9.17, 15) is 9.59 Å². The fourth-order valence-electron chi connectivity index (χ4n) is 2.66. The maximum atomic E-state index is 12.3. The lowest BCUT2D eigenvalue weighted by molar-refractivity contribution is -0.121. The summed E-state index contributed by atoms with van der Waals surface area (Å²) in [5, 5.41) is 9.08. The maximum absolute atomic E-state index is 12.3. The van der Waals surface area contributed by atoms with E-state index in [0.29, 0.717) is 19.0 Å². The van der Waals surface area contributed by atoms with Gasteiger partial charge in [-0.25, -0.2) is 0 Å². The minimum Gasteiger partial charge on any atom is -0.353 e. The molecular formula is C16H21N3O2. The van der Waals surface area contributed by atoms with Crippen molar-refractivity contribution in [2.45, 2.75) is 38.3 Å². The third-order valence-electron chi connectivity index (χ3n) is 3.96. The summed E-state index contributed by atoms with van der Waals surface area (Å²) in [7, 11) is 0. The van der Waals surface area contributed by atoms with Gasteiger partial charge in [0.05, 0.1) is 0 Å². The number of hydrogen-bond acceptors (Lipinski definition) is 3. The zero-order valence-electron chi connectivity index (χ0n) is 12.1. The zero-order valence-corrected chi connectivity index (χ0v) is 12.1. The summed E-state index contributed by atoms with van der Waals surface area (Å²) >= 11 is 0. The number of nitrogens with one attached hydrogen (secondary N) is 3. The molecular weight excluding hydrogens is 266 g/mol. The molecule has 0 aromatic heterocycles. The molecule has 1 fully saturated rings. The van der Waals surface area contributed by atoms with Gasteiger partial charge in [-0.05, 0) is 43.0 Å². The summed E-state index contributed by atoms with van der Waals surface area (Å²) in [6, 6.07) is 6.22. The molecule has 5 heteroatoms. The predicted molar refractivity (Wildman–Crippen MR) is 80.0 cm³/mol. The van der Waals surface area contributed by atoms with Crippen LogP contribution in [0.2, 0.25) is 0 Å². The standard InChI is InChI=1S/C16H21N3O2/c20-15(19-12-4-5-12)7-9-18-16(21)14-3-1-2-11-10-17-8-6-13(11)14/h1-3,12,17H,4-10H2,(H,18,21)(H,19,20). The van der Waals surface area contributed by atoms with E-state index in [4.69, 9.17) is 0 Å². The Morgan fingerprint density at radius 2 is 2.14 bits per heavy atom. The third-order valence-corrected chi connectivity index (χ3v) is 3.96. The molecule has 1 saturated carbocycles. The van der Waals surface area contributed by atoms with Crippen molar-refractivity contribution in [3.63, 3.8) is 0 Å². The molecule has 0 unspecified atom stereocenters. The highest BCUT2D eigenvalue weighted by molar-refractivity contribution is 5.96. The van der Waals surface area contributed by atoms with Crippen LogP contribution in [0.25, 0.3) is 0 Å². The van der Waals surface area contributed by atoms with Gasteiger partial charge in [0, 0.05) is 31.1 Å². The van der Waals surface area contributed by atoms with E-state index in [1.165, 1.54) is 5.56 Å². The largest absolute Gasteiger partial charge is 0.353 e. The molecule has 21 heavy (non-hydrogen) atoms. The topological polar surface area (TPSA) is 70.2 Å². The molecule has 112 valence electrons. The van der Waals surface area contributed by atoms with Gasteiger partial charge in [0.25, 0.3) is 5.91 Å². The van der Waals surface area contributed by atoms with Gasteiger partial charge in [0.15, 0.2) is 0 Å². The van der Waals surface area contributed by atoms with Gasteiger partial charge in [-0.1, -0.05) is 12.1 Å². The number of carbonyl (C=O) groups is 2. The Kier molecular flexibility index (Phi) is 4.20. The lowest BCUT2D eigenvalue weighted by Crippen LogP contribution is -2.33. The average molecular weight is 287 g/mol. The van der Waals surface area contributed by atoms with Crippen LogP contribution in [0.5, 0.6) is 0 Å². The van der Waals surface area contributed by atoms with E-state index in [0.717, 1.165) is 43.5 Å². The fourth-order valence-corrected chi connectivity index (χ4v) is 2.66. The number of fused-ring (bicyclic) bond motifs is 1. The van der Waals surface area contributed by atoms with Crippen molar-refractivity contribution in [3.05, 3.63) is 34.9 Å². The molecule has 0 atom stereocenters. The van der Waals surface area contributed by atoms with Gasteiger partial charge in [-0.3, -0.25) is 9.59 Å². The molecule has 0 saturated heterocycles. The Hall–Kier alpha value is -1.88. The molecule has 1 aliphatic heterocycles. The molecule has 1 aliphatic carbocycles. The van der Waals surface area contributed by atoms with Crippen molar-refractivity contribution >= 4 is 11.8 Å². The molecule has 1 aromatic rings. The van der Waals surface area contributed by atoms with Crippen molar-refractivity contribution in [1.29, 1.82) is 0 Å². The number of hydrogen-bond donors (Lipinski definition) is 3. The van der Waals surface area contributed by atoms with Gasteiger partial charge in [0.2, 0.25) is 5.91 Å². The summed E-state index contributed by atoms with van der Waals surface area (Å²) in [6.45, 7) is 2.11. The van der Waals surface area contributed by atoms with Gasteiger partial charge < -0.3 is 16.0 Å². The van der Waals surface area contributed by atoms with Gasteiger partial charge in [-0.15, -0.1) is 0 Å². The first-order chi connectivity index (χ1) is 10.2. The second kappa shape index (κ2) is 6.26. The molecule has 2 aliphatic rings. The minimum atomic E-state index is -0.0760. The highest BCUT2D eigenvalue weighted by Crippen LogP contribution is 2.19. The van der Waals surface area contributed by atoms with Gasteiger partial charge >= 0.3 is 0 Å². The Morgan fingerprint density at radius 3 is 2.95 bits per heavy atom. The predicted octanol–water partition coefficient (Wildman–Crippen LogP) is 0.731. The molecule has 0 spiro atoms. The van der Waals surface area contributed by atoms with Crippen LogP contribution in [0.15, 0.2) is 18.2 Å². The van der Waals surface area contributed by atoms with Crippen molar-refractivity contribution < 1.29 is 9.59 Å². The summed E-state index contributed by atoms with van der Waals surface area (Å²) in [5.74, 6) is -0.0509. The summed E-state index contributed by atoms with van der Waals surface area (Å²) in [5.41, 5.74) is 3.08. The number of amides is 2. The summed E-state index contributed by atoms with van der Waals surface area (Å²) < 4.78 is 0. The molecule has 3 rings (SSSR count). The van der Waals surface area contributed by atoms with Crippen LogP contribution >= 0.6 is 0 Å². The molecule has 1 heterocycles. The first kappa shape index (κ1) is 14.1. The zero-order chi connectivity index (χ0) is 14.7. The van der Waals surface area contributed by atoms with Crippen molar-refractivity contribution in [2.75, 3.05) is 13.1 Å². The van der Waals surface area contributed by atoms with E-state index in [-0.39, 0.29) is 11.8 Å². The van der Waals surface area contributed by atoms with E-state index in [1.54, 1.807) is 0 Å². The molecule has 0 bridgehead atoms. The monoisotopic (exact) mass is 287 g/mol. The normalized spacial score (nSPS) is 17.0. The van der Waals surface area contributed by atoms with E-state index in [2.05, 4.69) is 22.0 Å². The van der Waals surface area contributed by atoms with Crippen LogP contribution in [0.4, 0.5) is 0 Å². The van der Waals surface area contributed by atoms with Crippen molar-refractivity contribution in [2.24, 2.45) is 0 Å². The van der Waals surface area contributed by atoms with Crippen LogP contribution in [0, 0.1) is 0 Å². The summed E-state index contributed by atoms with van der Waals surface area (Å²) in [4.78, 5) is 23.8. The van der Waals surface area contributed by atoms with E-state index in [1.807, 2.05) is 12.1 Å². The van der Waals surface area contributed by atoms with Crippen molar-refractivity contribution in [3.8, 4) is 0 Å². The SMILES string of the molecule is O=C(CCNC(=O)c1cccc2c1CCNC2)NC1CC1. The van der Waals surface area contributed by atoms with Crippen molar-refractivity contribution in [1.82, 2.24) is 16.0 Å². The van der Waals surface area contributed by atoms with E-state index >= 15 is 0 Å². The smallest absolute Gasteiger partial charge is 0.251 e. The first-order valence-electron chi connectivity index (χ1n) is 7.63. The lowest BCUT2D eigenvalue weighted by Gasteiger charge is -2.19. The summed E-state index contributed by atoms with van der Waals surface area (Å²) in [6.07, 6.45) is 3.39. The highest BCUT2D eigenvalue weighted by Gasteiger charge is 2.23. The van der Waals surface area contributed by atoms with Gasteiger partial charge in [-0.2, -0.15) is 0 Å². The Labute approximate surface area is 124 Å². The Morgan fingerprint density at radius 1 is 1.29 bits per heavy atom. The lowest BCUT2D eigenvalue weighted by atomic mass is 9.95. The highest BCUT2D eigenvalue weighted by atomic mass is 16.2. The fraction of sp³-hybridized carbons (Fsp3) is 0.500. The van der Waals surface area contributed by atoms with Gasteiger partial charge in [0.1, 0.15) is 0 Å².